The Hall–Kier alpha value is -1.66. The van der Waals surface area contributed by atoms with Crippen LogP contribution in [-0.2, 0) is 0 Å². The lowest BCUT2D eigenvalue weighted by Crippen LogP contribution is -2.33. The highest BCUT2D eigenvalue weighted by molar-refractivity contribution is 5.96. The van der Waals surface area contributed by atoms with Crippen LogP contribution in [0.1, 0.15) is 10.4 Å². The third-order valence-electron chi connectivity index (χ3n) is 1.91. The Morgan fingerprint density at radius 2 is 2.19 bits per heavy atom. The Bertz CT molecular complexity index is 383. The first-order valence-corrected chi connectivity index (χ1v) is 4.60. The maximum absolute atomic E-state index is 12.8. The average molecular weight is 229 g/mol. The number of halogens is 1. The molecular formula is C10H12FNO4. The standard InChI is InChI=1S/C10H12FNO4/c11-6-1-2-9(15)8(3-6)10(16)12-4-7(14)5-13/h1-3,7,13-15H,4-5H2,(H,12,16). The number of aromatic hydroxyl groups is 1. The van der Waals surface area contributed by atoms with Gasteiger partial charge in [-0.1, -0.05) is 0 Å². The first kappa shape index (κ1) is 12.4. The zero-order chi connectivity index (χ0) is 12.1. The van der Waals surface area contributed by atoms with Gasteiger partial charge in [0.1, 0.15) is 11.6 Å². The summed E-state index contributed by atoms with van der Waals surface area (Å²) in [4.78, 5) is 11.4. The molecule has 0 aliphatic rings. The molecule has 5 nitrogen and oxygen atoms in total. The molecule has 1 unspecified atom stereocenters. The number of nitrogens with one attached hydrogen (secondary N) is 1. The van der Waals surface area contributed by atoms with Crippen molar-refractivity contribution < 1.29 is 24.5 Å². The van der Waals surface area contributed by atoms with Crippen molar-refractivity contribution in [3.63, 3.8) is 0 Å². The number of aliphatic hydroxyl groups is 2. The second-order valence-electron chi connectivity index (χ2n) is 3.21. The fourth-order valence-electron chi connectivity index (χ4n) is 1.06. The summed E-state index contributed by atoms with van der Waals surface area (Å²) in [6.45, 7) is -0.666. The summed E-state index contributed by atoms with van der Waals surface area (Å²) in [6, 6.07) is 2.97. The smallest absolute Gasteiger partial charge is 0.255 e. The van der Waals surface area contributed by atoms with Gasteiger partial charge >= 0.3 is 0 Å². The van der Waals surface area contributed by atoms with Crippen LogP contribution in [0.3, 0.4) is 0 Å². The van der Waals surface area contributed by atoms with Gasteiger partial charge in [-0.2, -0.15) is 0 Å². The summed E-state index contributed by atoms with van der Waals surface area (Å²) in [5.41, 5.74) is -0.217. The number of rotatable bonds is 4. The molecule has 16 heavy (non-hydrogen) atoms. The number of hydrogen-bond donors (Lipinski definition) is 4. The minimum Gasteiger partial charge on any atom is -0.507 e. The predicted molar refractivity (Wildman–Crippen MR) is 53.5 cm³/mol. The molecular weight excluding hydrogens is 217 g/mol. The number of hydrogen-bond acceptors (Lipinski definition) is 4. The largest absolute Gasteiger partial charge is 0.507 e. The Morgan fingerprint density at radius 1 is 1.50 bits per heavy atom. The molecule has 0 aliphatic heterocycles. The lowest BCUT2D eigenvalue weighted by Gasteiger charge is -2.09. The Labute approximate surface area is 91.2 Å². The molecule has 0 aromatic heterocycles. The van der Waals surface area contributed by atoms with E-state index < -0.39 is 24.4 Å². The van der Waals surface area contributed by atoms with Gasteiger partial charge in [0.25, 0.3) is 5.91 Å². The number of benzene rings is 1. The number of carbonyl (C=O) groups is 1. The number of phenolic OH excluding ortho intramolecular Hbond substituents is 1. The Kier molecular flexibility index (Phi) is 4.21. The molecule has 0 fully saturated rings. The topological polar surface area (TPSA) is 89.8 Å². The molecule has 1 amide bonds. The first-order chi connectivity index (χ1) is 7.54. The van der Waals surface area contributed by atoms with E-state index in [2.05, 4.69) is 5.32 Å². The highest BCUT2D eigenvalue weighted by Gasteiger charge is 2.13. The van der Waals surface area contributed by atoms with Crippen molar-refractivity contribution >= 4 is 5.91 Å². The van der Waals surface area contributed by atoms with E-state index in [1.807, 2.05) is 0 Å². The van der Waals surface area contributed by atoms with E-state index in [0.717, 1.165) is 18.2 Å². The van der Waals surface area contributed by atoms with E-state index in [9.17, 15) is 14.3 Å². The van der Waals surface area contributed by atoms with Crippen molar-refractivity contribution in [1.29, 1.82) is 0 Å². The molecule has 4 N–H and O–H groups in total. The third-order valence-corrected chi connectivity index (χ3v) is 1.91. The summed E-state index contributed by atoms with van der Waals surface area (Å²) in [5, 5.41) is 29.0. The van der Waals surface area contributed by atoms with Crippen molar-refractivity contribution in [1.82, 2.24) is 5.32 Å². The molecule has 0 radical (unpaired) electrons. The predicted octanol–water partition coefficient (Wildman–Crippen LogP) is -0.386. The van der Waals surface area contributed by atoms with E-state index in [4.69, 9.17) is 10.2 Å². The maximum atomic E-state index is 12.8. The van der Waals surface area contributed by atoms with Crippen LogP contribution in [0.5, 0.6) is 5.75 Å². The van der Waals surface area contributed by atoms with Crippen molar-refractivity contribution in [2.24, 2.45) is 0 Å². The van der Waals surface area contributed by atoms with E-state index in [1.54, 1.807) is 0 Å². The van der Waals surface area contributed by atoms with Crippen LogP contribution >= 0.6 is 0 Å². The summed E-state index contributed by atoms with van der Waals surface area (Å²) < 4.78 is 12.8. The molecule has 0 aliphatic carbocycles. The van der Waals surface area contributed by atoms with Gasteiger partial charge in [0.2, 0.25) is 0 Å². The summed E-state index contributed by atoms with van der Waals surface area (Å²) >= 11 is 0. The molecule has 88 valence electrons. The van der Waals surface area contributed by atoms with Crippen molar-refractivity contribution in [3.05, 3.63) is 29.6 Å². The third kappa shape index (κ3) is 3.18. The molecule has 1 aromatic carbocycles. The normalized spacial score (nSPS) is 12.2. The lowest BCUT2D eigenvalue weighted by molar-refractivity contribution is 0.0800. The van der Waals surface area contributed by atoms with E-state index in [-0.39, 0.29) is 17.9 Å². The second-order valence-corrected chi connectivity index (χ2v) is 3.21. The summed E-state index contributed by atoms with van der Waals surface area (Å²) in [6.07, 6.45) is -1.08. The van der Waals surface area contributed by atoms with Crippen LogP contribution in [-0.4, -0.2) is 40.5 Å². The maximum Gasteiger partial charge on any atom is 0.255 e. The molecule has 0 spiro atoms. The van der Waals surface area contributed by atoms with Crippen LogP contribution in [0.25, 0.3) is 0 Å². The summed E-state index contributed by atoms with van der Waals surface area (Å²) in [5.74, 6) is -1.72. The number of amides is 1. The second kappa shape index (κ2) is 5.43. The van der Waals surface area contributed by atoms with Gasteiger partial charge in [0.15, 0.2) is 0 Å². The van der Waals surface area contributed by atoms with Gasteiger partial charge in [-0.3, -0.25) is 4.79 Å². The van der Waals surface area contributed by atoms with Gasteiger partial charge in [-0.05, 0) is 18.2 Å². The molecule has 1 atom stereocenters. The SMILES string of the molecule is O=C(NCC(O)CO)c1cc(F)ccc1O. The molecule has 1 rings (SSSR count). The summed E-state index contributed by atoms with van der Waals surface area (Å²) in [7, 11) is 0. The fraction of sp³-hybridized carbons (Fsp3) is 0.300. The molecule has 0 bridgehead atoms. The van der Waals surface area contributed by atoms with Crippen molar-refractivity contribution in [2.45, 2.75) is 6.10 Å². The minimum absolute atomic E-state index is 0.175. The van der Waals surface area contributed by atoms with E-state index in [0.29, 0.717) is 0 Å². The zero-order valence-corrected chi connectivity index (χ0v) is 8.35. The average Bonchev–Trinajstić information content (AvgIpc) is 2.28. The molecule has 0 heterocycles. The Balaban J connectivity index is 2.69. The van der Waals surface area contributed by atoms with E-state index >= 15 is 0 Å². The Morgan fingerprint density at radius 3 is 2.81 bits per heavy atom. The number of phenols is 1. The first-order valence-electron chi connectivity index (χ1n) is 4.60. The fourth-order valence-corrected chi connectivity index (χ4v) is 1.06. The van der Waals surface area contributed by atoms with Gasteiger partial charge < -0.3 is 20.6 Å². The van der Waals surface area contributed by atoms with Crippen LogP contribution in [0.15, 0.2) is 18.2 Å². The van der Waals surface area contributed by atoms with Crippen LogP contribution in [0.4, 0.5) is 4.39 Å². The van der Waals surface area contributed by atoms with Crippen LogP contribution < -0.4 is 5.32 Å². The van der Waals surface area contributed by atoms with Gasteiger partial charge in [-0.15, -0.1) is 0 Å². The molecule has 0 saturated heterocycles. The zero-order valence-electron chi connectivity index (χ0n) is 8.35. The minimum atomic E-state index is -1.08. The highest BCUT2D eigenvalue weighted by Crippen LogP contribution is 2.17. The van der Waals surface area contributed by atoms with Gasteiger partial charge in [-0.25, -0.2) is 4.39 Å². The highest BCUT2D eigenvalue weighted by atomic mass is 19.1. The van der Waals surface area contributed by atoms with Crippen LogP contribution in [0, 0.1) is 5.82 Å². The van der Waals surface area contributed by atoms with E-state index in [1.165, 1.54) is 0 Å². The van der Waals surface area contributed by atoms with Crippen LogP contribution in [0.2, 0.25) is 0 Å². The van der Waals surface area contributed by atoms with Gasteiger partial charge in [0.05, 0.1) is 18.3 Å². The van der Waals surface area contributed by atoms with Crippen molar-refractivity contribution in [2.75, 3.05) is 13.2 Å². The monoisotopic (exact) mass is 229 g/mol. The molecule has 1 aromatic rings. The van der Waals surface area contributed by atoms with Crippen molar-refractivity contribution in [3.8, 4) is 5.75 Å². The quantitative estimate of drug-likeness (QED) is 0.566. The lowest BCUT2D eigenvalue weighted by atomic mass is 10.2. The number of aliphatic hydroxyl groups excluding tert-OH is 2. The molecule has 0 saturated carbocycles. The van der Waals surface area contributed by atoms with Gasteiger partial charge in [0, 0.05) is 6.54 Å². The molecule has 6 heteroatoms. The number of carbonyl (C=O) groups excluding carboxylic acids is 1.